The smallest absolute Gasteiger partial charge is 0.286 e. The number of amides is 2. The molecule has 2 N–H and O–H groups in total. The minimum atomic E-state index is -3.69. The van der Waals surface area contributed by atoms with Crippen molar-refractivity contribution in [3.05, 3.63) is 102 Å². The summed E-state index contributed by atoms with van der Waals surface area (Å²) in [5.41, 5.74) is 7.24. The standard InChI is InChI=1S/C25H24N4O4S/c1-28(2)34(32,33)21-13-8-12-20(15-21)24(30)26-27-25(31)23-16-19-11-6-7-14-22(19)29(23)17-18-9-4-3-5-10-18/h3-16H,17H2,1-2H3,(H,26,30)(H,27,31). The van der Waals surface area contributed by atoms with Crippen LogP contribution in [0.4, 0.5) is 0 Å². The van der Waals surface area contributed by atoms with Crippen molar-refractivity contribution in [2.75, 3.05) is 14.1 Å². The second-order valence-corrected chi connectivity index (χ2v) is 10.0. The molecule has 0 aliphatic rings. The van der Waals surface area contributed by atoms with E-state index in [1.807, 2.05) is 59.2 Å². The van der Waals surface area contributed by atoms with E-state index < -0.39 is 21.8 Å². The third-order valence-electron chi connectivity index (χ3n) is 5.39. The van der Waals surface area contributed by atoms with Crippen molar-refractivity contribution in [1.29, 1.82) is 0 Å². The third-order valence-corrected chi connectivity index (χ3v) is 7.20. The number of nitrogens with one attached hydrogen (secondary N) is 2. The Morgan fingerprint density at radius 1 is 0.824 bits per heavy atom. The highest BCUT2D eigenvalue weighted by Crippen LogP contribution is 2.21. The molecule has 1 aromatic heterocycles. The summed E-state index contributed by atoms with van der Waals surface area (Å²) >= 11 is 0. The molecule has 0 bridgehead atoms. The van der Waals surface area contributed by atoms with Gasteiger partial charge < -0.3 is 4.57 Å². The number of carbonyl (C=O) groups is 2. The quantitative estimate of drug-likeness (QED) is 0.418. The topological polar surface area (TPSA) is 101 Å². The van der Waals surface area contributed by atoms with Gasteiger partial charge in [-0.25, -0.2) is 12.7 Å². The fraction of sp³-hybridized carbons (Fsp3) is 0.120. The zero-order valence-electron chi connectivity index (χ0n) is 18.7. The van der Waals surface area contributed by atoms with Crippen LogP contribution < -0.4 is 10.9 Å². The normalized spacial score (nSPS) is 11.5. The van der Waals surface area contributed by atoms with Crippen molar-refractivity contribution in [3.63, 3.8) is 0 Å². The van der Waals surface area contributed by atoms with Crippen LogP contribution >= 0.6 is 0 Å². The largest absolute Gasteiger partial charge is 0.332 e. The van der Waals surface area contributed by atoms with Gasteiger partial charge in [-0.3, -0.25) is 20.4 Å². The molecule has 0 aliphatic carbocycles. The van der Waals surface area contributed by atoms with Crippen molar-refractivity contribution >= 4 is 32.7 Å². The molecule has 0 fully saturated rings. The summed E-state index contributed by atoms with van der Waals surface area (Å²) in [6, 6.07) is 24.8. The summed E-state index contributed by atoms with van der Waals surface area (Å²) in [4.78, 5) is 25.6. The maximum Gasteiger partial charge on any atom is 0.286 e. The van der Waals surface area contributed by atoms with E-state index in [1.54, 1.807) is 6.07 Å². The monoisotopic (exact) mass is 476 g/mol. The number of hydrogen-bond donors (Lipinski definition) is 2. The lowest BCUT2D eigenvalue weighted by molar-refractivity contribution is 0.0842. The zero-order valence-corrected chi connectivity index (χ0v) is 19.5. The van der Waals surface area contributed by atoms with Gasteiger partial charge in [-0.2, -0.15) is 0 Å². The molecule has 8 nitrogen and oxygen atoms in total. The average Bonchev–Trinajstić information content (AvgIpc) is 3.21. The van der Waals surface area contributed by atoms with Crippen LogP contribution in [0.3, 0.4) is 0 Å². The molecule has 3 aromatic carbocycles. The number of benzene rings is 3. The number of aromatic nitrogens is 1. The summed E-state index contributed by atoms with van der Waals surface area (Å²) in [7, 11) is -0.868. The Bertz CT molecular complexity index is 1460. The zero-order chi connectivity index (χ0) is 24.3. The molecule has 4 rings (SSSR count). The van der Waals surface area contributed by atoms with Gasteiger partial charge in [0.05, 0.1) is 4.90 Å². The second kappa shape index (κ2) is 9.50. The summed E-state index contributed by atoms with van der Waals surface area (Å²) < 4.78 is 27.7. The lowest BCUT2D eigenvalue weighted by atomic mass is 10.2. The Kier molecular flexibility index (Phi) is 6.49. The molecule has 4 aromatic rings. The summed E-state index contributed by atoms with van der Waals surface area (Å²) in [5, 5.41) is 0.900. The lowest BCUT2D eigenvalue weighted by Crippen LogP contribution is -2.42. The van der Waals surface area contributed by atoms with Crippen molar-refractivity contribution in [2.45, 2.75) is 11.4 Å². The first kappa shape index (κ1) is 23.2. The molecule has 1 heterocycles. The maximum absolute atomic E-state index is 13.0. The Balaban J connectivity index is 1.55. The Morgan fingerprint density at radius 2 is 1.50 bits per heavy atom. The molecule has 0 unspecified atom stereocenters. The van der Waals surface area contributed by atoms with Gasteiger partial charge >= 0.3 is 0 Å². The van der Waals surface area contributed by atoms with Crippen LogP contribution in [0.1, 0.15) is 26.4 Å². The fourth-order valence-corrected chi connectivity index (χ4v) is 4.54. The average molecular weight is 477 g/mol. The van der Waals surface area contributed by atoms with Gasteiger partial charge in [-0.15, -0.1) is 0 Å². The highest BCUT2D eigenvalue weighted by Gasteiger charge is 2.20. The summed E-state index contributed by atoms with van der Waals surface area (Å²) in [5.74, 6) is -1.12. The molecule has 0 radical (unpaired) electrons. The van der Waals surface area contributed by atoms with Gasteiger partial charge in [-0.1, -0.05) is 54.6 Å². The van der Waals surface area contributed by atoms with Crippen molar-refractivity contribution in [2.24, 2.45) is 0 Å². The first-order chi connectivity index (χ1) is 16.3. The van der Waals surface area contributed by atoms with Gasteiger partial charge in [0.15, 0.2) is 0 Å². The van der Waals surface area contributed by atoms with Crippen LogP contribution in [0.25, 0.3) is 10.9 Å². The van der Waals surface area contributed by atoms with E-state index in [2.05, 4.69) is 10.9 Å². The Labute approximate surface area is 197 Å². The van der Waals surface area contributed by atoms with Crippen LogP contribution in [0, 0.1) is 0 Å². The maximum atomic E-state index is 13.0. The number of nitrogens with zero attached hydrogens (tertiary/aromatic N) is 2. The van der Waals surface area contributed by atoms with E-state index in [1.165, 1.54) is 38.4 Å². The molecule has 2 amide bonds. The molecular formula is C25H24N4O4S. The van der Waals surface area contributed by atoms with Crippen molar-refractivity contribution in [3.8, 4) is 0 Å². The molecule has 0 saturated carbocycles. The number of sulfonamides is 1. The van der Waals surface area contributed by atoms with Crippen molar-refractivity contribution < 1.29 is 18.0 Å². The third kappa shape index (κ3) is 4.70. The minimum Gasteiger partial charge on any atom is -0.332 e. The second-order valence-electron chi connectivity index (χ2n) is 7.88. The molecule has 34 heavy (non-hydrogen) atoms. The molecule has 174 valence electrons. The molecule has 0 spiro atoms. The van der Waals surface area contributed by atoms with Gasteiger partial charge in [0.1, 0.15) is 5.69 Å². The van der Waals surface area contributed by atoms with Crippen LogP contribution in [0.2, 0.25) is 0 Å². The highest BCUT2D eigenvalue weighted by molar-refractivity contribution is 7.89. The highest BCUT2D eigenvalue weighted by atomic mass is 32.2. The van der Waals surface area contributed by atoms with Gasteiger partial charge in [0.25, 0.3) is 11.8 Å². The van der Waals surface area contributed by atoms with Crippen LogP contribution in [-0.4, -0.2) is 43.2 Å². The molecule has 0 saturated heterocycles. The molecule has 0 aliphatic heterocycles. The van der Waals surface area contributed by atoms with E-state index in [4.69, 9.17) is 0 Å². The van der Waals surface area contributed by atoms with Gasteiger partial charge in [-0.05, 0) is 35.9 Å². The van der Waals surface area contributed by atoms with Crippen molar-refractivity contribution in [1.82, 2.24) is 19.7 Å². The van der Waals surface area contributed by atoms with Crippen LogP contribution in [0.15, 0.2) is 89.8 Å². The number of para-hydroxylation sites is 1. The van der Waals surface area contributed by atoms with Gasteiger partial charge in [0.2, 0.25) is 10.0 Å². The van der Waals surface area contributed by atoms with Gasteiger partial charge in [0, 0.05) is 37.1 Å². The first-order valence-electron chi connectivity index (χ1n) is 10.5. The predicted molar refractivity (Wildman–Crippen MR) is 130 cm³/mol. The molecular weight excluding hydrogens is 452 g/mol. The Hall–Kier alpha value is -3.95. The number of hydrazine groups is 1. The summed E-state index contributed by atoms with van der Waals surface area (Å²) in [6.07, 6.45) is 0. The predicted octanol–water partition coefficient (Wildman–Crippen LogP) is 3.01. The number of hydrogen-bond acceptors (Lipinski definition) is 4. The van der Waals surface area contributed by atoms with E-state index in [-0.39, 0.29) is 10.5 Å². The molecule has 9 heteroatoms. The number of carbonyl (C=O) groups excluding carboxylic acids is 2. The number of rotatable bonds is 6. The lowest BCUT2D eigenvalue weighted by Gasteiger charge is -2.13. The van der Waals surface area contributed by atoms with E-state index in [0.717, 1.165) is 20.8 Å². The SMILES string of the molecule is CN(C)S(=O)(=O)c1cccc(C(=O)NNC(=O)c2cc3ccccc3n2Cc2ccccc2)c1. The van der Waals surface area contributed by atoms with E-state index in [0.29, 0.717) is 12.2 Å². The molecule has 0 atom stereocenters. The minimum absolute atomic E-state index is 0.0144. The number of fused-ring (bicyclic) bond motifs is 1. The Morgan fingerprint density at radius 3 is 2.24 bits per heavy atom. The van der Waals surface area contributed by atoms with Crippen LogP contribution in [-0.2, 0) is 16.6 Å². The van der Waals surface area contributed by atoms with Crippen LogP contribution in [0.5, 0.6) is 0 Å². The fourth-order valence-electron chi connectivity index (χ4n) is 3.59. The summed E-state index contributed by atoms with van der Waals surface area (Å²) in [6.45, 7) is 0.482. The van der Waals surface area contributed by atoms with E-state index in [9.17, 15) is 18.0 Å². The first-order valence-corrected chi connectivity index (χ1v) is 12.0. The van der Waals surface area contributed by atoms with E-state index >= 15 is 0 Å².